The van der Waals surface area contributed by atoms with Crippen LogP contribution in [0.2, 0.25) is 0 Å². The summed E-state index contributed by atoms with van der Waals surface area (Å²) in [5.74, 6) is 0.458. The van der Waals surface area contributed by atoms with Crippen LogP contribution in [0.25, 0.3) is 0 Å². The second kappa shape index (κ2) is 6.03. The fourth-order valence-electron chi connectivity index (χ4n) is 1.77. The number of nitro benzene ring substituents is 1. The molecule has 104 valence electrons. The summed E-state index contributed by atoms with van der Waals surface area (Å²) in [6.07, 6.45) is 0. The average Bonchev–Trinajstić information content (AvgIpc) is 2.45. The van der Waals surface area contributed by atoms with Crippen LogP contribution < -0.4 is 16.2 Å². The molecule has 20 heavy (non-hydrogen) atoms. The molecule has 2 rings (SSSR count). The lowest BCUT2D eigenvalue weighted by Gasteiger charge is -2.13. The van der Waals surface area contributed by atoms with Crippen LogP contribution in [0.3, 0.4) is 0 Å². The molecule has 0 saturated heterocycles. The average molecular weight is 273 g/mol. The maximum absolute atomic E-state index is 10.6. The molecule has 4 N–H and O–H groups in total. The number of nitro groups is 1. The number of ether oxygens (including phenoxy) is 1. The SMILES string of the molecule is Nc1cc(OC[C@H](N)c2ccccc2)ccc1[N+](=O)[O-]. The van der Waals surface area contributed by atoms with Gasteiger partial charge >= 0.3 is 0 Å². The normalized spacial score (nSPS) is 11.8. The van der Waals surface area contributed by atoms with Gasteiger partial charge in [0.1, 0.15) is 18.0 Å². The van der Waals surface area contributed by atoms with E-state index in [1.54, 1.807) is 0 Å². The zero-order valence-electron chi connectivity index (χ0n) is 10.7. The third-order valence-corrected chi connectivity index (χ3v) is 2.85. The van der Waals surface area contributed by atoms with Crippen molar-refractivity contribution in [3.63, 3.8) is 0 Å². The highest BCUT2D eigenvalue weighted by atomic mass is 16.6. The van der Waals surface area contributed by atoms with Gasteiger partial charge in [0.05, 0.1) is 11.0 Å². The van der Waals surface area contributed by atoms with Gasteiger partial charge in [-0.05, 0) is 11.6 Å². The molecule has 0 bridgehead atoms. The van der Waals surface area contributed by atoms with E-state index < -0.39 is 4.92 Å². The summed E-state index contributed by atoms with van der Waals surface area (Å²) in [7, 11) is 0. The first kappa shape index (κ1) is 13.8. The lowest BCUT2D eigenvalue weighted by atomic mass is 10.1. The first-order valence-electron chi connectivity index (χ1n) is 6.05. The number of nitrogens with two attached hydrogens (primary N) is 2. The summed E-state index contributed by atoms with van der Waals surface area (Å²) < 4.78 is 5.51. The Morgan fingerprint density at radius 3 is 2.50 bits per heavy atom. The van der Waals surface area contributed by atoms with Crippen molar-refractivity contribution in [2.45, 2.75) is 6.04 Å². The molecule has 2 aromatic carbocycles. The Balaban J connectivity index is 2.01. The molecule has 0 unspecified atom stereocenters. The lowest BCUT2D eigenvalue weighted by molar-refractivity contribution is -0.383. The largest absolute Gasteiger partial charge is 0.492 e. The van der Waals surface area contributed by atoms with Crippen LogP contribution in [0.4, 0.5) is 11.4 Å². The molecular formula is C14H15N3O3. The third-order valence-electron chi connectivity index (χ3n) is 2.85. The van der Waals surface area contributed by atoms with Gasteiger partial charge in [-0.25, -0.2) is 0 Å². The minimum Gasteiger partial charge on any atom is -0.492 e. The van der Waals surface area contributed by atoms with Crippen molar-refractivity contribution in [1.82, 2.24) is 0 Å². The van der Waals surface area contributed by atoms with E-state index in [2.05, 4.69) is 0 Å². The monoisotopic (exact) mass is 273 g/mol. The summed E-state index contributed by atoms with van der Waals surface area (Å²) in [6.45, 7) is 0.265. The molecule has 0 spiro atoms. The Morgan fingerprint density at radius 1 is 1.20 bits per heavy atom. The summed E-state index contributed by atoms with van der Waals surface area (Å²) in [6, 6.07) is 13.5. The Bertz CT molecular complexity index is 602. The van der Waals surface area contributed by atoms with Crippen LogP contribution in [-0.4, -0.2) is 11.5 Å². The third kappa shape index (κ3) is 3.24. The summed E-state index contributed by atoms with van der Waals surface area (Å²) >= 11 is 0. The number of nitrogens with zero attached hydrogens (tertiary/aromatic N) is 1. The Hall–Kier alpha value is -2.60. The minimum absolute atomic E-state index is 0.0702. The van der Waals surface area contributed by atoms with Gasteiger partial charge in [-0.2, -0.15) is 0 Å². The van der Waals surface area contributed by atoms with Gasteiger partial charge in [0.15, 0.2) is 0 Å². The topological polar surface area (TPSA) is 104 Å². The van der Waals surface area contributed by atoms with Gasteiger partial charge < -0.3 is 16.2 Å². The second-order valence-corrected chi connectivity index (χ2v) is 4.31. The second-order valence-electron chi connectivity index (χ2n) is 4.31. The highest BCUT2D eigenvalue weighted by Gasteiger charge is 2.12. The van der Waals surface area contributed by atoms with Gasteiger partial charge in [-0.15, -0.1) is 0 Å². The summed E-state index contributed by atoms with van der Waals surface area (Å²) in [4.78, 5) is 10.1. The van der Waals surface area contributed by atoms with Crippen molar-refractivity contribution in [3.8, 4) is 5.75 Å². The van der Waals surface area contributed by atoms with E-state index in [1.807, 2.05) is 30.3 Å². The van der Waals surface area contributed by atoms with Crippen LogP contribution in [0.5, 0.6) is 5.75 Å². The molecule has 6 nitrogen and oxygen atoms in total. The van der Waals surface area contributed by atoms with Crippen LogP contribution in [0, 0.1) is 10.1 Å². The van der Waals surface area contributed by atoms with Crippen LogP contribution in [0.15, 0.2) is 48.5 Å². The quantitative estimate of drug-likeness (QED) is 0.494. The predicted octanol–water partition coefficient (Wildman–Crippen LogP) is 2.26. The number of nitrogen functional groups attached to an aromatic ring is 1. The first-order valence-corrected chi connectivity index (χ1v) is 6.05. The molecule has 0 aliphatic rings. The number of hydrogen-bond donors (Lipinski definition) is 2. The van der Waals surface area contributed by atoms with E-state index in [-0.39, 0.29) is 24.0 Å². The Morgan fingerprint density at radius 2 is 1.90 bits per heavy atom. The summed E-state index contributed by atoms with van der Waals surface area (Å²) in [5.41, 5.74) is 12.5. The van der Waals surface area contributed by atoms with Gasteiger partial charge in [0, 0.05) is 12.1 Å². The van der Waals surface area contributed by atoms with Crippen molar-refractivity contribution in [2.75, 3.05) is 12.3 Å². The van der Waals surface area contributed by atoms with Crippen molar-refractivity contribution in [1.29, 1.82) is 0 Å². The Kier molecular flexibility index (Phi) is 4.17. The molecule has 0 aromatic heterocycles. The number of anilines is 1. The maximum atomic E-state index is 10.6. The predicted molar refractivity (Wildman–Crippen MR) is 76.4 cm³/mol. The lowest BCUT2D eigenvalue weighted by Crippen LogP contribution is -2.18. The van der Waals surface area contributed by atoms with Crippen LogP contribution in [-0.2, 0) is 0 Å². The fourth-order valence-corrected chi connectivity index (χ4v) is 1.77. The van der Waals surface area contributed by atoms with E-state index in [0.717, 1.165) is 5.56 Å². The first-order chi connectivity index (χ1) is 9.58. The molecule has 6 heteroatoms. The highest BCUT2D eigenvalue weighted by molar-refractivity contribution is 5.60. The molecule has 2 aromatic rings. The van der Waals surface area contributed by atoms with Crippen molar-refractivity contribution >= 4 is 11.4 Å². The zero-order chi connectivity index (χ0) is 14.5. The summed E-state index contributed by atoms with van der Waals surface area (Å²) in [5, 5.41) is 10.6. The fraction of sp³-hybridized carbons (Fsp3) is 0.143. The maximum Gasteiger partial charge on any atom is 0.292 e. The van der Waals surface area contributed by atoms with Gasteiger partial charge in [-0.1, -0.05) is 30.3 Å². The smallest absolute Gasteiger partial charge is 0.292 e. The number of benzene rings is 2. The van der Waals surface area contributed by atoms with Gasteiger partial charge in [0.25, 0.3) is 5.69 Å². The molecule has 0 radical (unpaired) electrons. The molecular weight excluding hydrogens is 258 g/mol. The van der Waals surface area contributed by atoms with Gasteiger partial charge in [0.2, 0.25) is 0 Å². The number of hydrogen-bond acceptors (Lipinski definition) is 5. The van der Waals surface area contributed by atoms with Crippen LogP contribution >= 0.6 is 0 Å². The van der Waals surface area contributed by atoms with Crippen molar-refractivity contribution in [3.05, 3.63) is 64.2 Å². The molecule has 0 aliphatic heterocycles. The van der Waals surface area contributed by atoms with Crippen molar-refractivity contribution in [2.24, 2.45) is 5.73 Å². The number of rotatable bonds is 5. The Labute approximate surface area is 116 Å². The molecule has 0 aliphatic carbocycles. The highest BCUT2D eigenvalue weighted by Crippen LogP contribution is 2.26. The molecule has 0 amide bonds. The van der Waals surface area contributed by atoms with E-state index >= 15 is 0 Å². The molecule has 0 saturated carbocycles. The minimum atomic E-state index is -0.533. The van der Waals surface area contributed by atoms with E-state index in [1.165, 1.54) is 18.2 Å². The van der Waals surface area contributed by atoms with Gasteiger partial charge in [-0.3, -0.25) is 10.1 Å². The van der Waals surface area contributed by atoms with E-state index in [4.69, 9.17) is 16.2 Å². The zero-order valence-corrected chi connectivity index (χ0v) is 10.7. The molecule has 0 fully saturated rings. The van der Waals surface area contributed by atoms with E-state index in [9.17, 15) is 10.1 Å². The van der Waals surface area contributed by atoms with Crippen molar-refractivity contribution < 1.29 is 9.66 Å². The molecule has 0 heterocycles. The van der Waals surface area contributed by atoms with E-state index in [0.29, 0.717) is 5.75 Å². The molecule has 1 atom stereocenters. The standard InChI is InChI=1S/C14H15N3O3/c15-12-8-11(6-7-14(12)17(18)19)20-9-13(16)10-4-2-1-3-5-10/h1-8,13H,9,15-16H2/t13-/m0/s1. The van der Waals surface area contributed by atoms with Crippen LogP contribution in [0.1, 0.15) is 11.6 Å².